The molecule has 0 fully saturated rings. The van der Waals surface area contributed by atoms with E-state index in [9.17, 15) is 9.59 Å². The molecule has 0 aliphatic heterocycles. The fourth-order valence-electron chi connectivity index (χ4n) is 5.88. The maximum Gasteiger partial charge on any atom is 0.279 e. The van der Waals surface area contributed by atoms with Gasteiger partial charge in [0.2, 0.25) is 5.91 Å². The van der Waals surface area contributed by atoms with E-state index in [1.165, 1.54) is 0 Å². The summed E-state index contributed by atoms with van der Waals surface area (Å²) in [4.78, 5) is 30.8. The highest BCUT2D eigenvalue weighted by Crippen LogP contribution is 2.24. The number of carbonyl (C=O) groups excluding carboxylic acids is 2. The molecule has 6 nitrogen and oxygen atoms in total. The highest BCUT2D eigenvalue weighted by atomic mass is 16.2. The summed E-state index contributed by atoms with van der Waals surface area (Å²) in [5, 5.41) is 3.22. The topological polar surface area (TPSA) is 52.7 Å². The Bertz CT molecular complexity index is 1070. The summed E-state index contributed by atoms with van der Waals surface area (Å²) in [6.07, 6.45) is 6.50. The number of hydrogen-bond acceptors (Lipinski definition) is 3. The van der Waals surface area contributed by atoms with Crippen LogP contribution in [0.15, 0.2) is 36.4 Å². The number of unbranched alkanes of at least 4 members (excludes halogenated alkanes) is 3. The quantitative estimate of drug-likeness (QED) is 0.156. The van der Waals surface area contributed by atoms with E-state index in [2.05, 4.69) is 82.9 Å². The van der Waals surface area contributed by atoms with Gasteiger partial charge in [-0.05, 0) is 95.6 Å². The van der Waals surface area contributed by atoms with Gasteiger partial charge in [-0.25, -0.2) is 0 Å². The highest BCUT2D eigenvalue weighted by molar-refractivity contribution is 5.95. The molecule has 2 aromatic rings. The molecule has 2 rings (SSSR count). The van der Waals surface area contributed by atoms with Gasteiger partial charge in [0.25, 0.3) is 5.91 Å². The molecule has 0 saturated heterocycles. The number of rotatable bonds is 18. The molecular formula is C35H57N4O2+. The van der Waals surface area contributed by atoms with Gasteiger partial charge in [0.1, 0.15) is 0 Å². The third kappa shape index (κ3) is 10.6. The monoisotopic (exact) mass is 565 g/mol. The summed E-state index contributed by atoms with van der Waals surface area (Å²) in [6.45, 7) is 20.6. The molecule has 228 valence electrons. The average molecular weight is 566 g/mol. The average Bonchev–Trinajstić information content (AvgIpc) is 2.94. The Morgan fingerprint density at radius 3 is 1.85 bits per heavy atom. The van der Waals surface area contributed by atoms with Crippen LogP contribution < -0.4 is 10.2 Å². The minimum atomic E-state index is 0.102. The molecule has 0 aliphatic rings. The lowest BCUT2D eigenvalue weighted by molar-refractivity contribution is -0.919. The van der Waals surface area contributed by atoms with Gasteiger partial charge in [0, 0.05) is 18.4 Å². The number of anilines is 2. The number of quaternary nitrogens is 1. The summed E-state index contributed by atoms with van der Waals surface area (Å²) in [5.41, 5.74) is 6.43. The second-order valence-electron chi connectivity index (χ2n) is 12.0. The molecule has 0 saturated carbocycles. The lowest BCUT2D eigenvalue weighted by Gasteiger charge is -2.37. The molecule has 0 aromatic heterocycles. The van der Waals surface area contributed by atoms with Crippen molar-refractivity contribution in [3.05, 3.63) is 58.7 Å². The van der Waals surface area contributed by atoms with Crippen LogP contribution in [0.3, 0.4) is 0 Å². The molecule has 1 atom stereocenters. The third-order valence-corrected chi connectivity index (χ3v) is 8.57. The summed E-state index contributed by atoms with van der Waals surface area (Å²) in [7, 11) is 1.90. The highest BCUT2D eigenvalue weighted by Gasteiger charge is 2.28. The van der Waals surface area contributed by atoms with Crippen molar-refractivity contribution in [2.24, 2.45) is 0 Å². The lowest BCUT2D eigenvalue weighted by Crippen LogP contribution is -2.53. The van der Waals surface area contributed by atoms with E-state index < -0.39 is 0 Å². The van der Waals surface area contributed by atoms with E-state index in [0.717, 1.165) is 109 Å². The van der Waals surface area contributed by atoms with Crippen molar-refractivity contribution >= 4 is 23.2 Å². The van der Waals surface area contributed by atoms with E-state index in [1.54, 1.807) is 0 Å². The number of carbonyl (C=O) groups is 2. The SMILES string of the molecule is CCCCN(CCCC[N+](CC)(CCCC)CC(=O)Nc1c(C)cccc1C)CC(=O)N(C)c1c(C)cccc1C. The molecule has 0 bridgehead atoms. The maximum atomic E-state index is 13.3. The van der Waals surface area contributed by atoms with Crippen molar-refractivity contribution in [3.63, 3.8) is 0 Å². The van der Waals surface area contributed by atoms with E-state index in [0.29, 0.717) is 13.1 Å². The van der Waals surface area contributed by atoms with Crippen LogP contribution in [0.2, 0.25) is 0 Å². The van der Waals surface area contributed by atoms with Crippen LogP contribution >= 0.6 is 0 Å². The largest absolute Gasteiger partial charge is 0.321 e. The zero-order valence-corrected chi connectivity index (χ0v) is 27.3. The first-order valence-corrected chi connectivity index (χ1v) is 15.8. The minimum absolute atomic E-state index is 0.102. The Labute approximate surface area is 250 Å². The van der Waals surface area contributed by atoms with Crippen LogP contribution in [0.1, 0.15) is 81.5 Å². The van der Waals surface area contributed by atoms with E-state index in [4.69, 9.17) is 0 Å². The predicted molar refractivity (Wildman–Crippen MR) is 175 cm³/mol. The Morgan fingerprint density at radius 1 is 0.756 bits per heavy atom. The number of likely N-dealkylation sites (N-methyl/N-ethyl adjacent to an activating group) is 2. The Morgan fingerprint density at radius 2 is 1.29 bits per heavy atom. The van der Waals surface area contributed by atoms with Crippen molar-refractivity contribution in [2.75, 3.05) is 63.1 Å². The first-order valence-electron chi connectivity index (χ1n) is 15.8. The molecule has 0 radical (unpaired) electrons. The number of benzene rings is 2. The van der Waals surface area contributed by atoms with E-state index in [1.807, 2.05) is 24.1 Å². The Hall–Kier alpha value is -2.70. The van der Waals surface area contributed by atoms with Crippen molar-refractivity contribution in [3.8, 4) is 0 Å². The lowest BCUT2D eigenvalue weighted by atomic mass is 10.1. The van der Waals surface area contributed by atoms with Gasteiger partial charge in [-0.1, -0.05) is 63.1 Å². The van der Waals surface area contributed by atoms with Gasteiger partial charge in [-0.3, -0.25) is 14.5 Å². The molecule has 2 aromatic carbocycles. The smallest absolute Gasteiger partial charge is 0.279 e. The number of aryl methyl sites for hydroxylation is 4. The number of hydrogen-bond donors (Lipinski definition) is 1. The fourth-order valence-corrected chi connectivity index (χ4v) is 5.88. The summed E-state index contributed by atoms with van der Waals surface area (Å²) >= 11 is 0. The van der Waals surface area contributed by atoms with Crippen molar-refractivity contribution < 1.29 is 14.1 Å². The van der Waals surface area contributed by atoms with Crippen LogP contribution in [-0.4, -0.2) is 74.1 Å². The van der Waals surface area contributed by atoms with Crippen molar-refractivity contribution in [2.45, 2.75) is 87.0 Å². The molecule has 2 amide bonds. The normalized spacial score (nSPS) is 12.8. The zero-order chi connectivity index (χ0) is 30.4. The fraction of sp³-hybridized carbons (Fsp3) is 0.600. The second-order valence-corrected chi connectivity index (χ2v) is 12.0. The molecule has 1 unspecified atom stereocenters. The Kier molecular flexibility index (Phi) is 14.6. The van der Waals surface area contributed by atoms with Gasteiger partial charge >= 0.3 is 0 Å². The zero-order valence-electron chi connectivity index (χ0n) is 27.3. The van der Waals surface area contributed by atoms with Gasteiger partial charge < -0.3 is 14.7 Å². The van der Waals surface area contributed by atoms with Crippen LogP contribution in [0.5, 0.6) is 0 Å². The summed E-state index contributed by atoms with van der Waals surface area (Å²) < 4.78 is 0.813. The van der Waals surface area contributed by atoms with Crippen LogP contribution in [-0.2, 0) is 9.59 Å². The number of nitrogens with one attached hydrogen (secondary N) is 1. The second kappa shape index (κ2) is 17.3. The molecule has 6 heteroatoms. The maximum absolute atomic E-state index is 13.3. The molecule has 1 N–H and O–H groups in total. The van der Waals surface area contributed by atoms with E-state index >= 15 is 0 Å². The molecular weight excluding hydrogens is 508 g/mol. The van der Waals surface area contributed by atoms with Crippen LogP contribution in [0.25, 0.3) is 0 Å². The van der Waals surface area contributed by atoms with Crippen LogP contribution in [0.4, 0.5) is 11.4 Å². The predicted octanol–water partition coefficient (Wildman–Crippen LogP) is 7.04. The van der Waals surface area contributed by atoms with Gasteiger partial charge in [-0.15, -0.1) is 0 Å². The standard InChI is InChI=1S/C35H56N4O2/c1-9-12-22-38(26-33(41)37(8)35-30(6)20-17-21-31(35)7)23-14-15-25-39(11-3,24-13-10-2)27-32(40)36-34-28(4)18-16-19-29(34)5/h16-21H,9-15,22-27H2,1-8H3/p+1. The van der Waals surface area contributed by atoms with Gasteiger partial charge in [0.15, 0.2) is 6.54 Å². The molecule has 0 spiro atoms. The summed E-state index contributed by atoms with van der Waals surface area (Å²) in [5.74, 6) is 0.244. The van der Waals surface area contributed by atoms with Crippen LogP contribution in [0, 0.1) is 27.7 Å². The van der Waals surface area contributed by atoms with Gasteiger partial charge in [0.05, 0.1) is 26.2 Å². The first kappa shape index (κ1) is 34.5. The molecule has 0 aliphatic carbocycles. The first-order chi connectivity index (χ1) is 19.6. The number of amides is 2. The summed E-state index contributed by atoms with van der Waals surface area (Å²) in [6, 6.07) is 12.3. The number of nitrogens with zero attached hydrogens (tertiary/aromatic N) is 3. The number of para-hydroxylation sites is 2. The minimum Gasteiger partial charge on any atom is -0.321 e. The third-order valence-electron chi connectivity index (χ3n) is 8.57. The van der Waals surface area contributed by atoms with Gasteiger partial charge in [-0.2, -0.15) is 0 Å². The van der Waals surface area contributed by atoms with E-state index in [-0.39, 0.29) is 11.8 Å². The van der Waals surface area contributed by atoms with Crippen molar-refractivity contribution in [1.29, 1.82) is 0 Å². The Balaban J connectivity index is 2.02. The molecule has 0 heterocycles. The molecule has 41 heavy (non-hydrogen) atoms. The van der Waals surface area contributed by atoms with Crippen molar-refractivity contribution in [1.82, 2.24) is 4.90 Å².